The Bertz CT molecular complexity index is 1520. The van der Waals surface area contributed by atoms with E-state index in [0.29, 0.717) is 33.9 Å². The van der Waals surface area contributed by atoms with E-state index in [1.54, 1.807) is 46.0 Å². The molecule has 1 aromatic carbocycles. The molecular weight excluding hydrogens is 528 g/mol. The standard InChI is InChI=1S/C26H31F2N7O3S/c1-39(37,38)32-18-2-3-19(20(16-18)33-11-6-25(4-5-25)7-12-33)23(36)30-21-17-22-29-10-15-35(22)24(31-21)34-13-8-26(27,28)9-14-34/h2-3,10,15-17,32H,4-9,11-14H2,1H3,(H,30,36). The summed E-state index contributed by atoms with van der Waals surface area (Å²) in [7, 11) is -3.49. The van der Waals surface area contributed by atoms with Crippen LogP contribution in [0, 0.1) is 5.41 Å². The van der Waals surface area contributed by atoms with E-state index in [4.69, 9.17) is 0 Å². The van der Waals surface area contributed by atoms with E-state index in [0.717, 1.165) is 32.2 Å². The van der Waals surface area contributed by atoms with Crippen LogP contribution in [0.4, 0.5) is 31.9 Å². The number of alkyl halides is 2. The number of nitrogens with zero attached hydrogens (tertiary/aromatic N) is 5. The molecule has 0 atom stereocenters. The molecular formula is C26H31F2N7O3S. The van der Waals surface area contributed by atoms with Gasteiger partial charge in [0, 0.05) is 57.5 Å². The highest BCUT2D eigenvalue weighted by molar-refractivity contribution is 7.92. The minimum atomic E-state index is -3.49. The second-order valence-corrected chi connectivity index (χ2v) is 12.7. The number of carbonyl (C=O) groups excluding carboxylic acids is 1. The van der Waals surface area contributed by atoms with E-state index < -0.39 is 21.9 Å². The normalized spacial score (nSPS) is 20.3. The quantitative estimate of drug-likeness (QED) is 0.470. The van der Waals surface area contributed by atoms with Crippen LogP contribution >= 0.6 is 0 Å². The lowest BCUT2D eigenvalue weighted by molar-refractivity contribution is -0.0222. The average molecular weight is 560 g/mol. The van der Waals surface area contributed by atoms with Crippen LogP contribution in [0.3, 0.4) is 0 Å². The maximum Gasteiger partial charge on any atom is 0.258 e. The molecule has 13 heteroatoms. The van der Waals surface area contributed by atoms with Gasteiger partial charge in [-0.05, 0) is 49.3 Å². The van der Waals surface area contributed by atoms with Crippen LogP contribution in [-0.2, 0) is 10.0 Å². The molecule has 1 spiro atoms. The van der Waals surface area contributed by atoms with Crippen molar-refractivity contribution in [2.75, 3.05) is 52.3 Å². The lowest BCUT2D eigenvalue weighted by atomic mass is 9.93. The number of sulfonamides is 1. The summed E-state index contributed by atoms with van der Waals surface area (Å²) in [6.45, 7) is 1.84. The SMILES string of the molecule is CS(=O)(=O)Nc1ccc(C(=O)Nc2cc3nccn3c(N3CCC(F)(F)CC3)n2)c(N2CCC3(CC2)CC3)c1. The fraction of sp³-hybridized carbons (Fsp3) is 0.500. The number of rotatable bonds is 6. The number of hydrogen-bond acceptors (Lipinski definition) is 7. The molecule has 2 N–H and O–H groups in total. The molecule has 39 heavy (non-hydrogen) atoms. The number of aromatic nitrogens is 3. The van der Waals surface area contributed by atoms with Crippen molar-refractivity contribution in [2.24, 2.45) is 5.41 Å². The summed E-state index contributed by atoms with van der Waals surface area (Å²) in [6, 6.07) is 6.51. The lowest BCUT2D eigenvalue weighted by Crippen LogP contribution is -2.40. The molecule has 0 bridgehead atoms. The van der Waals surface area contributed by atoms with Gasteiger partial charge < -0.3 is 15.1 Å². The molecule has 3 aliphatic rings. The summed E-state index contributed by atoms with van der Waals surface area (Å²) in [4.78, 5) is 26.5. The molecule has 2 saturated heterocycles. The van der Waals surface area contributed by atoms with E-state index in [1.807, 2.05) is 0 Å². The Labute approximate surface area is 225 Å². The summed E-state index contributed by atoms with van der Waals surface area (Å²) in [5.74, 6) is -2.40. The number of carbonyl (C=O) groups is 1. The molecule has 1 amide bonds. The first-order chi connectivity index (χ1) is 18.5. The summed E-state index contributed by atoms with van der Waals surface area (Å²) < 4.78 is 55.5. The maximum absolute atomic E-state index is 13.8. The Balaban J connectivity index is 1.29. The van der Waals surface area contributed by atoms with Gasteiger partial charge in [-0.2, -0.15) is 4.98 Å². The predicted octanol–water partition coefficient (Wildman–Crippen LogP) is 3.97. The molecule has 0 unspecified atom stereocenters. The number of anilines is 4. The van der Waals surface area contributed by atoms with Crippen LogP contribution < -0.4 is 19.8 Å². The molecule has 1 aliphatic carbocycles. The van der Waals surface area contributed by atoms with Crippen molar-refractivity contribution in [2.45, 2.75) is 44.4 Å². The van der Waals surface area contributed by atoms with E-state index in [-0.39, 0.29) is 31.7 Å². The van der Waals surface area contributed by atoms with Crippen molar-refractivity contribution in [1.29, 1.82) is 0 Å². The van der Waals surface area contributed by atoms with Gasteiger partial charge in [-0.3, -0.25) is 13.9 Å². The zero-order chi connectivity index (χ0) is 27.4. The minimum absolute atomic E-state index is 0.139. The van der Waals surface area contributed by atoms with Crippen molar-refractivity contribution in [3.63, 3.8) is 0 Å². The smallest absolute Gasteiger partial charge is 0.258 e. The van der Waals surface area contributed by atoms with Gasteiger partial charge in [-0.15, -0.1) is 0 Å². The Kier molecular flexibility index (Phi) is 6.16. The summed E-state index contributed by atoms with van der Waals surface area (Å²) in [6.07, 6.45) is 8.41. The molecule has 0 radical (unpaired) electrons. The van der Waals surface area contributed by atoms with Gasteiger partial charge in [-0.1, -0.05) is 0 Å². The molecule has 1 saturated carbocycles. The third-order valence-electron chi connectivity index (χ3n) is 8.06. The molecule has 6 rings (SSSR count). The van der Waals surface area contributed by atoms with Crippen LogP contribution in [0.5, 0.6) is 0 Å². The minimum Gasteiger partial charge on any atom is -0.371 e. The zero-order valence-corrected chi connectivity index (χ0v) is 22.5. The van der Waals surface area contributed by atoms with Crippen LogP contribution in [0.15, 0.2) is 36.7 Å². The van der Waals surface area contributed by atoms with Gasteiger partial charge in [0.1, 0.15) is 11.5 Å². The van der Waals surface area contributed by atoms with E-state index in [2.05, 4.69) is 24.9 Å². The summed E-state index contributed by atoms with van der Waals surface area (Å²) in [5.41, 5.74) is 2.39. The van der Waals surface area contributed by atoms with Crippen molar-refractivity contribution < 1.29 is 22.0 Å². The number of piperidine rings is 2. The second kappa shape index (κ2) is 9.32. The first kappa shape index (κ1) is 25.8. The van der Waals surface area contributed by atoms with Crippen LogP contribution in [-0.4, -0.2) is 67.1 Å². The van der Waals surface area contributed by atoms with Gasteiger partial charge in [-0.25, -0.2) is 22.2 Å². The number of fused-ring (bicyclic) bond motifs is 1. The Morgan fingerprint density at radius 3 is 2.33 bits per heavy atom. The van der Waals surface area contributed by atoms with Crippen molar-refractivity contribution in [3.05, 3.63) is 42.2 Å². The van der Waals surface area contributed by atoms with E-state index in [1.165, 1.54) is 12.8 Å². The molecule has 3 aromatic rings. The monoisotopic (exact) mass is 559 g/mol. The van der Waals surface area contributed by atoms with Crippen molar-refractivity contribution in [3.8, 4) is 0 Å². The molecule has 10 nitrogen and oxygen atoms in total. The number of imidazole rings is 1. The fourth-order valence-corrected chi connectivity index (χ4v) is 6.13. The van der Waals surface area contributed by atoms with E-state index in [9.17, 15) is 22.0 Å². The Morgan fingerprint density at radius 1 is 0.974 bits per heavy atom. The van der Waals surface area contributed by atoms with Crippen LogP contribution in [0.25, 0.3) is 5.65 Å². The third-order valence-corrected chi connectivity index (χ3v) is 8.66. The summed E-state index contributed by atoms with van der Waals surface area (Å²) >= 11 is 0. The van der Waals surface area contributed by atoms with Gasteiger partial charge in [0.15, 0.2) is 0 Å². The van der Waals surface area contributed by atoms with Crippen molar-refractivity contribution >= 4 is 44.7 Å². The van der Waals surface area contributed by atoms with E-state index >= 15 is 0 Å². The highest BCUT2D eigenvalue weighted by Gasteiger charge is 2.44. The Hall–Kier alpha value is -3.48. The van der Waals surface area contributed by atoms with Crippen LogP contribution in [0.1, 0.15) is 48.9 Å². The first-order valence-corrected chi connectivity index (χ1v) is 15.0. The fourth-order valence-electron chi connectivity index (χ4n) is 5.57. The third kappa shape index (κ3) is 5.49. The summed E-state index contributed by atoms with van der Waals surface area (Å²) in [5, 5.41) is 2.87. The molecule has 2 aliphatic heterocycles. The number of halogens is 2. The van der Waals surface area contributed by atoms with Gasteiger partial charge in [0.25, 0.3) is 11.8 Å². The predicted molar refractivity (Wildman–Crippen MR) is 145 cm³/mol. The largest absolute Gasteiger partial charge is 0.371 e. The zero-order valence-electron chi connectivity index (χ0n) is 21.7. The highest BCUT2D eigenvalue weighted by atomic mass is 32.2. The lowest BCUT2D eigenvalue weighted by Gasteiger charge is -2.35. The average Bonchev–Trinajstić information content (AvgIpc) is 3.45. The molecule has 4 heterocycles. The first-order valence-electron chi connectivity index (χ1n) is 13.1. The molecule has 3 fully saturated rings. The second-order valence-electron chi connectivity index (χ2n) is 11.0. The van der Waals surface area contributed by atoms with Crippen LogP contribution in [0.2, 0.25) is 0 Å². The van der Waals surface area contributed by atoms with Crippen molar-refractivity contribution in [1.82, 2.24) is 14.4 Å². The number of nitrogens with one attached hydrogen (secondary N) is 2. The van der Waals surface area contributed by atoms with Gasteiger partial charge in [0.2, 0.25) is 16.0 Å². The Morgan fingerprint density at radius 2 is 1.67 bits per heavy atom. The maximum atomic E-state index is 13.8. The number of benzene rings is 1. The number of amides is 1. The number of hydrogen-bond donors (Lipinski definition) is 2. The molecule has 208 valence electrons. The van der Waals surface area contributed by atoms with Gasteiger partial charge >= 0.3 is 0 Å². The highest BCUT2D eigenvalue weighted by Crippen LogP contribution is 2.54. The topological polar surface area (TPSA) is 112 Å². The molecule has 2 aromatic heterocycles. The van der Waals surface area contributed by atoms with Gasteiger partial charge in [0.05, 0.1) is 23.2 Å².